The number of hydrogen-bond donors (Lipinski definition) is 7. The fourth-order valence-corrected chi connectivity index (χ4v) is 0.428. The molecule has 0 spiro atoms. The summed E-state index contributed by atoms with van der Waals surface area (Å²) in [5.41, 5.74) is 0. The van der Waals surface area contributed by atoms with Gasteiger partial charge in [0.05, 0.1) is 0 Å². The number of aliphatic carboxylic acids is 7. The van der Waals surface area contributed by atoms with Gasteiger partial charge in [-0.2, -0.15) is 0 Å². The van der Waals surface area contributed by atoms with Crippen LogP contribution in [0.3, 0.4) is 0 Å². The minimum absolute atomic E-state index is 0.558. The van der Waals surface area contributed by atoms with E-state index in [9.17, 15) is 28.8 Å². The lowest BCUT2D eigenvalue weighted by atomic mass is 10.5. The second-order valence-corrected chi connectivity index (χ2v) is 3.55. The molecule has 0 radical (unpaired) electrons. The molecule has 0 aliphatic heterocycles. The second-order valence-electron chi connectivity index (χ2n) is 3.55. The summed E-state index contributed by atoms with van der Waals surface area (Å²) < 4.78 is 0. The second kappa shape index (κ2) is 20.6. The topological polar surface area (TPSA) is 261 Å². The van der Waals surface area contributed by atoms with Crippen molar-refractivity contribution in [3.05, 3.63) is 36.5 Å². The average Bonchev–Trinajstić information content (AvgIpc) is 2.49. The van der Waals surface area contributed by atoms with Crippen LogP contribution in [-0.4, -0.2) is 77.5 Å². The molecular weight excluding hydrogens is 392 g/mol. The minimum Gasteiger partial charge on any atom is -0.481 e. The van der Waals surface area contributed by atoms with Gasteiger partial charge in [-0.1, -0.05) is 0 Å². The van der Waals surface area contributed by atoms with Crippen LogP contribution >= 0.6 is 0 Å². The molecule has 28 heavy (non-hydrogen) atoms. The first-order chi connectivity index (χ1) is 12.6. The normalized spacial score (nSPS) is 9.04. The Morgan fingerprint density at radius 3 is 0.500 bits per heavy atom. The lowest BCUT2D eigenvalue weighted by Gasteiger charge is -1.74. The van der Waals surface area contributed by atoms with Crippen molar-refractivity contribution in [1.29, 1.82) is 0 Å². The maximum atomic E-state index is 9.55. The molecule has 0 aromatic rings. The summed E-state index contributed by atoms with van der Waals surface area (Å²) in [6.07, 6.45) is 3.35. The number of carboxylic acids is 7. The molecule has 0 aromatic heterocycles. The third-order valence-electron chi connectivity index (χ3n) is 1.11. The molecule has 156 valence electrons. The Bertz CT molecular complexity index is 520. The molecule has 0 aliphatic carbocycles. The molecule has 0 unspecified atom stereocenters. The van der Waals surface area contributed by atoms with Gasteiger partial charge in [0.2, 0.25) is 0 Å². The molecule has 0 heterocycles. The van der Waals surface area contributed by atoms with Crippen LogP contribution in [0.2, 0.25) is 0 Å². The molecule has 0 saturated heterocycles. The monoisotopic (exact) mass is 408 g/mol. The summed E-state index contributed by atoms with van der Waals surface area (Å²) in [6.45, 7) is 1.08. The van der Waals surface area contributed by atoms with Gasteiger partial charge >= 0.3 is 35.8 Å². The smallest absolute Gasteiger partial charge is 0.328 e. The van der Waals surface area contributed by atoms with Crippen LogP contribution in [-0.2, 0) is 33.6 Å². The van der Waals surface area contributed by atoms with Gasteiger partial charge in [0.1, 0.15) is 0 Å². The summed E-state index contributed by atoms with van der Waals surface area (Å²) in [4.78, 5) is 66.3. The standard InChI is InChI=1S/3C4H4O4.C2H4O2/c3*5-3(6)1-2-4(7)8;1-2(3)4/h3*1-2H,(H,5,6)(H,7,8);1H3,(H,3,4)/b3*2-1-;. The Morgan fingerprint density at radius 2 is 0.464 bits per heavy atom. The van der Waals surface area contributed by atoms with Crippen molar-refractivity contribution in [3.63, 3.8) is 0 Å². The van der Waals surface area contributed by atoms with Gasteiger partial charge in [-0.25, -0.2) is 28.8 Å². The van der Waals surface area contributed by atoms with Crippen molar-refractivity contribution in [3.8, 4) is 0 Å². The third-order valence-corrected chi connectivity index (χ3v) is 1.11. The Hall–Kier alpha value is -4.49. The maximum absolute atomic E-state index is 9.55. The van der Waals surface area contributed by atoms with Crippen molar-refractivity contribution < 1.29 is 69.3 Å². The largest absolute Gasteiger partial charge is 0.481 e. The molecule has 0 atom stereocenters. The number of carbonyl (C=O) groups is 7. The van der Waals surface area contributed by atoms with E-state index in [1.54, 1.807) is 0 Å². The number of rotatable bonds is 6. The van der Waals surface area contributed by atoms with Crippen LogP contribution in [0.25, 0.3) is 0 Å². The van der Waals surface area contributed by atoms with Crippen molar-refractivity contribution in [2.75, 3.05) is 0 Å². The molecule has 0 bridgehead atoms. The van der Waals surface area contributed by atoms with Crippen molar-refractivity contribution in [2.24, 2.45) is 0 Å². The molecular formula is C14H16O14. The predicted octanol–water partition coefficient (Wildman–Crippen LogP) is -0.774. The Morgan fingerprint density at radius 1 is 0.393 bits per heavy atom. The zero-order valence-electron chi connectivity index (χ0n) is 14.0. The van der Waals surface area contributed by atoms with Gasteiger partial charge in [-0.15, -0.1) is 0 Å². The first-order valence-electron chi connectivity index (χ1n) is 6.23. The SMILES string of the molecule is CC(=O)O.O=C(O)/C=C\C(=O)O.O=C(O)/C=C\C(=O)O.O=C(O)/C=C\C(=O)O. The first-order valence-corrected chi connectivity index (χ1v) is 6.23. The molecule has 0 aliphatic rings. The third kappa shape index (κ3) is 81.9. The zero-order chi connectivity index (χ0) is 23.3. The van der Waals surface area contributed by atoms with Crippen molar-refractivity contribution >= 4 is 41.8 Å². The fraction of sp³-hybridized carbons (Fsp3) is 0.0714. The van der Waals surface area contributed by atoms with Gasteiger partial charge in [0.25, 0.3) is 5.97 Å². The molecule has 14 heteroatoms. The highest BCUT2D eigenvalue weighted by Gasteiger charge is 1.89. The van der Waals surface area contributed by atoms with Gasteiger partial charge in [-0.3, -0.25) is 4.79 Å². The lowest BCUT2D eigenvalue weighted by Crippen LogP contribution is -1.91. The van der Waals surface area contributed by atoms with E-state index in [0.717, 1.165) is 6.92 Å². The minimum atomic E-state index is -1.26. The molecule has 0 aromatic carbocycles. The van der Waals surface area contributed by atoms with E-state index in [1.165, 1.54) is 0 Å². The maximum Gasteiger partial charge on any atom is 0.328 e. The van der Waals surface area contributed by atoms with Crippen LogP contribution in [0.5, 0.6) is 0 Å². The highest BCUT2D eigenvalue weighted by molar-refractivity contribution is 5.90. The van der Waals surface area contributed by atoms with E-state index < -0.39 is 41.8 Å². The van der Waals surface area contributed by atoms with Gasteiger partial charge in [-0.05, 0) is 0 Å². The van der Waals surface area contributed by atoms with E-state index >= 15 is 0 Å². The van der Waals surface area contributed by atoms with E-state index in [2.05, 4.69) is 0 Å². The fourth-order valence-electron chi connectivity index (χ4n) is 0.428. The van der Waals surface area contributed by atoms with E-state index in [4.69, 9.17) is 40.5 Å². The highest BCUT2D eigenvalue weighted by Crippen LogP contribution is 1.71. The summed E-state index contributed by atoms with van der Waals surface area (Å²) >= 11 is 0. The Kier molecular flexibility index (Phi) is 23.0. The summed E-state index contributed by atoms with van der Waals surface area (Å²) in [5, 5.41) is 54.3. The summed E-state index contributed by atoms with van der Waals surface area (Å²) in [7, 11) is 0. The average molecular weight is 408 g/mol. The quantitative estimate of drug-likeness (QED) is 0.266. The van der Waals surface area contributed by atoms with Crippen molar-refractivity contribution in [2.45, 2.75) is 6.92 Å². The molecule has 0 amide bonds. The molecule has 0 fully saturated rings. The Balaban J connectivity index is -0.000000141. The molecule has 0 saturated carbocycles. The molecule has 7 N–H and O–H groups in total. The van der Waals surface area contributed by atoms with Crippen LogP contribution in [0.4, 0.5) is 0 Å². The first kappa shape index (κ1) is 31.3. The van der Waals surface area contributed by atoms with Crippen LogP contribution in [0.1, 0.15) is 6.92 Å². The number of carboxylic acid groups (broad SMARTS) is 7. The van der Waals surface area contributed by atoms with Crippen LogP contribution < -0.4 is 0 Å². The van der Waals surface area contributed by atoms with Crippen molar-refractivity contribution in [1.82, 2.24) is 0 Å². The predicted molar refractivity (Wildman–Crippen MR) is 86.5 cm³/mol. The summed E-state index contributed by atoms with van der Waals surface area (Å²) in [6, 6.07) is 0. The van der Waals surface area contributed by atoms with Gasteiger partial charge in [0, 0.05) is 43.4 Å². The molecule has 14 nitrogen and oxygen atoms in total. The summed E-state index contributed by atoms with van der Waals surface area (Å²) in [5.74, 6) is -8.38. The number of hydrogen-bond acceptors (Lipinski definition) is 7. The molecule has 0 rings (SSSR count). The van der Waals surface area contributed by atoms with Gasteiger partial charge in [0.15, 0.2) is 0 Å². The van der Waals surface area contributed by atoms with Crippen LogP contribution in [0, 0.1) is 0 Å². The lowest BCUT2D eigenvalue weighted by molar-refractivity contribution is -0.135. The zero-order valence-corrected chi connectivity index (χ0v) is 14.0. The van der Waals surface area contributed by atoms with Crippen LogP contribution in [0.15, 0.2) is 36.5 Å². The Labute approximate surface area is 155 Å². The van der Waals surface area contributed by atoms with Gasteiger partial charge < -0.3 is 35.7 Å². The van der Waals surface area contributed by atoms with E-state index in [-0.39, 0.29) is 0 Å². The van der Waals surface area contributed by atoms with E-state index in [0.29, 0.717) is 36.5 Å². The van der Waals surface area contributed by atoms with E-state index in [1.807, 2.05) is 0 Å². The highest BCUT2D eigenvalue weighted by atomic mass is 16.4.